The molecule has 0 atom stereocenters. The Morgan fingerprint density at radius 3 is 2.71 bits per heavy atom. The maximum absolute atomic E-state index is 5.94. The standard InChI is InChI=1S/C18H20N2O/c1-3-21-18-9-8-16(19)11-15(18)12-20-13(2)10-14-6-4-5-7-17(14)20/h4-11H,3,12,19H2,1-2H3. The normalized spacial score (nSPS) is 11.0. The first-order valence-electron chi connectivity index (χ1n) is 7.25. The van der Waals surface area contributed by atoms with Crippen LogP contribution in [-0.4, -0.2) is 11.2 Å². The van der Waals surface area contributed by atoms with Crippen molar-refractivity contribution in [2.45, 2.75) is 20.4 Å². The summed E-state index contributed by atoms with van der Waals surface area (Å²) < 4.78 is 8.02. The highest BCUT2D eigenvalue weighted by atomic mass is 16.5. The van der Waals surface area contributed by atoms with Gasteiger partial charge in [-0.1, -0.05) is 18.2 Å². The maximum Gasteiger partial charge on any atom is 0.124 e. The number of aryl methyl sites for hydroxylation is 1. The third kappa shape index (κ3) is 2.59. The zero-order chi connectivity index (χ0) is 14.8. The van der Waals surface area contributed by atoms with Crippen LogP contribution in [0.25, 0.3) is 10.9 Å². The number of ether oxygens (including phenoxy) is 1. The smallest absolute Gasteiger partial charge is 0.124 e. The van der Waals surface area contributed by atoms with Gasteiger partial charge in [-0.2, -0.15) is 0 Å². The van der Waals surface area contributed by atoms with Crippen LogP contribution in [-0.2, 0) is 6.54 Å². The van der Waals surface area contributed by atoms with Gasteiger partial charge in [-0.15, -0.1) is 0 Å². The number of anilines is 1. The molecule has 2 N–H and O–H groups in total. The van der Waals surface area contributed by atoms with E-state index in [0.29, 0.717) is 6.61 Å². The molecule has 3 heteroatoms. The van der Waals surface area contributed by atoms with Gasteiger partial charge in [0.2, 0.25) is 0 Å². The van der Waals surface area contributed by atoms with Crippen molar-refractivity contribution in [1.82, 2.24) is 4.57 Å². The van der Waals surface area contributed by atoms with Crippen molar-refractivity contribution >= 4 is 16.6 Å². The summed E-state index contributed by atoms with van der Waals surface area (Å²) in [7, 11) is 0. The van der Waals surface area contributed by atoms with E-state index in [1.165, 1.54) is 16.6 Å². The molecular formula is C18H20N2O. The summed E-state index contributed by atoms with van der Waals surface area (Å²) in [4.78, 5) is 0. The second-order valence-electron chi connectivity index (χ2n) is 5.23. The van der Waals surface area contributed by atoms with Crippen LogP contribution in [0.3, 0.4) is 0 Å². The molecule has 1 aromatic heterocycles. The SMILES string of the molecule is CCOc1ccc(N)cc1Cn1c(C)cc2ccccc21. The van der Waals surface area contributed by atoms with Crippen molar-refractivity contribution in [3.8, 4) is 5.75 Å². The number of fused-ring (bicyclic) bond motifs is 1. The van der Waals surface area contributed by atoms with Crippen molar-refractivity contribution in [1.29, 1.82) is 0 Å². The fourth-order valence-electron chi connectivity index (χ4n) is 2.75. The Bertz CT molecular complexity index is 774. The summed E-state index contributed by atoms with van der Waals surface area (Å²) in [6.45, 7) is 5.55. The van der Waals surface area contributed by atoms with Gasteiger partial charge in [0.15, 0.2) is 0 Å². The van der Waals surface area contributed by atoms with E-state index in [0.717, 1.165) is 23.5 Å². The zero-order valence-corrected chi connectivity index (χ0v) is 12.5. The van der Waals surface area contributed by atoms with Crippen molar-refractivity contribution in [2.75, 3.05) is 12.3 Å². The van der Waals surface area contributed by atoms with Crippen LogP contribution >= 0.6 is 0 Å². The number of nitrogen functional groups attached to an aromatic ring is 1. The Morgan fingerprint density at radius 2 is 1.90 bits per heavy atom. The first kappa shape index (κ1) is 13.6. The highest BCUT2D eigenvalue weighted by Gasteiger charge is 2.09. The Kier molecular flexibility index (Phi) is 3.57. The first-order chi connectivity index (χ1) is 10.2. The Labute approximate surface area is 125 Å². The summed E-state index contributed by atoms with van der Waals surface area (Å²) in [5.74, 6) is 0.906. The molecule has 0 aliphatic heterocycles. The van der Waals surface area contributed by atoms with Crippen molar-refractivity contribution in [3.05, 3.63) is 59.8 Å². The molecule has 0 saturated carbocycles. The number of aromatic nitrogens is 1. The average Bonchev–Trinajstić information content (AvgIpc) is 2.78. The lowest BCUT2D eigenvalue weighted by atomic mass is 10.1. The molecule has 0 radical (unpaired) electrons. The molecule has 1 heterocycles. The fraction of sp³-hybridized carbons (Fsp3) is 0.222. The van der Waals surface area contributed by atoms with Crippen LogP contribution < -0.4 is 10.5 Å². The van der Waals surface area contributed by atoms with Gasteiger partial charge in [-0.3, -0.25) is 0 Å². The monoisotopic (exact) mass is 280 g/mol. The minimum Gasteiger partial charge on any atom is -0.494 e. The lowest BCUT2D eigenvalue weighted by Gasteiger charge is -2.14. The quantitative estimate of drug-likeness (QED) is 0.734. The highest BCUT2D eigenvalue weighted by Crippen LogP contribution is 2.26. The minimum atomic E-state index is 0.655. The number of benzene rings is 2. The zero-order valence-electron chi connectivity index (χ0n) is 12.5. The molecular weight excluding hydrogens is 260 g/mol. The lowest BCUT2D eigenvalue weighted by molar-refractivity contribution is 0.336. The molecule has 0 unspecified atom stereocenters. The molecule has 0 aliphatic carbocycles. The molecule has 0 aliphatic rings. The van der Waals surface area contributed by atoms with Crippen molar-refractivity contribution in [3.63, 3.8) is 0 Å². The largest absolute Gasteiger partial charge is 0.494 e. The van der Waals surface area contributed by atoms with Gasteiger partial charge in [0.05, 0.1) is 13.2 Å². The van der Waals surface area contributed by atoms with Gasteiger partial charge in [-0.25, -0.2) is 0 Å². The second-order valence-corrected chi connectivity index (χ2v) is 5.23. The Morgan fingerprint density at radius 1 is 1.10 bits per heavy atom. The predicted octanol–water partition coefficient (Wildman–Crippen LogP) is 3.98. The van der Waals surface area contributed by atoms with E-state index < -0.39 is 0 Å². The minimum absolute atomic E-state index is 0.655. The Hall–Kier alpha value is -2.42. The molecule has 0 fully saturated rings. The van der Waals surface area contributed by atoms with Gasteiger partial charge in [0, 0.05) is 22.5 Å². The molecule has 0 spiro atoms. The number of nitrogens with zero attached hydrogens (tertiary/aromatic N) is 1. The predicted molar refractivity (Wildman–Crippen MR) is 87.8 cm³/mol. The lowest BCUT2D eigenvalue weighted by Crippen LogP contribution is -2.05. The van der Waals surface area contributed by atoms with Gasteiger partial charge in [0.1, 0.15) is 5.75 Å². The van der Waals surface area contributed by atoms with Crippen molar-refractivity contribution in [2.24, 2.45) is 0 Å². The number of rotatable bonds is 4. The van der Waals surface area contributed by atoms with E-state index in [1.54, 1.807) is 0 Å². The van der Waals surface area contributed by atoms with E-state index in [1.807, 2.05) is 25.1 Å². The number of para-hydroxylation sites is 1. The summed E-state index contributed by atoms with van der Waals surface area (Å²) in [5, 5.41) is 1.26. The van der Waals surface area contributed by atoms with Gasteiger partial charge in [-0.05, 0) is 49.6 Å². The summed E-state index contributed by atoms with van der Waals surface area (Å²) in [6.07, 6.45) is 0. The molecule has 21 heavy (non-hydrogen) atoms. The fourth-order valence-corrected chi connectivity index (χ4v) is 2.75. The van der Waals surface area contributed by atoms with Crippen LogP contribution in [0.5, 0.6) is 5.75 Å². The molecule has 3 rings (SSSR count). The third-order valence-electron chi connectivity index (χ3n) is 3.73. The number of nitrogens with two attached hydrogens (primary N) is 1. The van der Waals surface area contributed by atoms with Gasteiger partial charge < -0.3 is 15.0 Å². The van der Waals surface area contributed by atoms with E-state index in [4.69, 9.17) is 10.5 Å². The van der Waals surface area contributed by atoms with Crippen molar-refractivity contribution < 1.29 is 4.74 Å². The van der Waals surface area contributed by atoms with Crippen LogP contribution in [0.2, 0.25) is 0 Å². The number of hydrogen-bond donors (Lipinski definition) is 1. The van der Waals surface area contributed by atoms with Crippen LogP contribution in [0.4, 0.5) is 5.69 Å². The van der Waals surface area contributed by atoms with Crippen LogP contribution in [0.1, 0.15) is 18.2 Å². The first-order valence-corrected chi connectivity index (χ1v) is 7.25. The molecule has 0 saturated heterocycles. The number of hydrogen-bond acceptors (Lipinski definition) is 2. The summed E-state index contributed by atoms with van der Waals surface area (Å²) >= 11 is 0. The maximum atomic E-state index is 5.94. The third-order valence-corrected chi connectivity index (χ3v) is 3.73. The van der Waals surface area contributed by atoms with E-state index >= 15 is 0 Å². The van der Waals surface area contributed by atoms with Gasteiger partial charge in [0.25, 0.3) is 0 Å². The average molecular weight is 280 g/mol. The molecule has 2 aromatic carbocycles. The van der Waals surface area contributed by atoms with E-state index in [2.05, 4.69) is 41.8 Å². The Balaban J connectivity index is 2.06. The van der Waals surface area contributed by atoms with Crippen LogP contribution in [0.15, 0.2) is 48.5 Å². The van der Waals surface area contributed by atoms with Crippen LogP contribution in [0, 0.1) is 6.92 Å². The molecule has 108 valence electrons. The van der Waals surface area contributed by atoms with E-state index in [9.17, 15) is 0 Å². The van der Waals surface area contributed by atoms with Gasteiger partial charge >= 0.3 is 0 Å². The topological polar surface area (TPSA) is 40.2 Å². The summed E-state index contributed by atoms with van der Waals surface area (Å²) in [6, 6.07) is 16.5. The van der Waals surface area contributed by atoms with E-state index in [-0.39, 0.29) is 0 Å². The molecule has 3 nitrogen and oxygen atoms in total. The summed E-state index contributed by atoms with van der Waals surface area (Å²) in [5.41, 5.74) is 10.3. The molecule has 0 bridgehead atoms. The molecule has 3 aromatic rings. The second kappa shape index (κ2) is 5.52. The molecule has 0 amide bonds. The highest BCUT2D eigenvalue weighted by molar-refractivity contribution is 5.81.